The number of carbonyl (C=O) groups is 4. The number of nitrogens with two attached hydrogens (primary N) is 1. The minimum Gasteiger partial charge on any atom is -0.444 e. The third-order valence-corrected chi connectivity index (χ3v) is 11.7. The Morgan fingerprint density at radius 3 is 2.09 bits per heavy atom. The third kappa shape index (κ3) is 7.37. The molecule has 5 rings (SSSR count). The summed E-state index contributed by atoms with van der Waals surface area (Å²) in [6.45, 7) is 10.3. The van der Waals surface area contributed by atoms with Gasteiger partial charge in [-0.05, 0) is 82.0 Å². The Labute approximate surface area is 269 Å². The van der Waals surface area contributed by atoms with E-state index in [0.29, 0.717) is 18.9 Å². The predicted octanol–water partition coefficient (Wildman–Crippen LogP) is 4.51. The number of carbonyl (C=O) groups excluding carboxylic acids is 4. The molecule has 4 unspecified atom stereocenters. The van der Waals surface area contributed by atoms with E-state index >= 15 is 4.79 Å². The molecule has 5 aliphatic rings. The van der Waals surface area contributed by atoms with Crippen LogP contribution >= 0.6 is 0 Å². The largest absolute Gasteiger partial charge is 0.444 e. The molecule has 0 aromatic heterocycles. The molecular formula is C35H58N4O6. The molecule has 3 amide bonds. The van der Waals surface area contributed by atoms with Gasteiger partial charge in [0.2, 0.25) is 11.8 Å². The number of amides is 3. The summed E-state index contributed by atoms with van der Waals surface area (Å²) < 4.78 is 5.99. The first-order chi connectivity index (χ1) is 21.2. The number of hydrogen-bond donors (Lipinski definition) is 3. The first kappa shape index (κ1) is 34.1. The zero-order chi connectivity index (χ0) is 32.7. The normalized spacial score (nSPS) is 29.1. The van der Waals surface area contributed by atoms with Gasteiger partial charge in [-0.2, -0.15) is 0 Å². The molecule has 4 N–H and O–H groups in total. The standard InChI is InChI=1S/C35H58N4O6/c1-34(2,3)45-33(44)39(23-17-10-7-11-18-23)27(22-15-8-6-9-16-22)32(43)38-20-24-26(35(24,4)5)28(38)31(42)37-25(29(40)30(36)41)19-21-13-12-14-21/h21-28,30,41H,6-20,36H2,1-5H3,(H,37,42)/t24?,25?,26-,27+,28?,30?/m1/s1. The van der Waals surface area contributed by atoms with Gasteiger partial charge < -0.3 is 20.1 Å². The van der Waals surface area contributed by atoms with Gasteiger partial charge >= 0.3 is 6.09 Å². The number of aliphatic hydroxyl groups excluding tert-OH is 1. The van der Waals surface area contributed by atoms with E-state index in [0.717, 1.165) is 83.5 Å². The number of rotatable bonds is 10. The average molecular weight is 631 g/mol. The van der Waals surface area contributed by atoms with Crippen LogP contribution in [0.1, 0.15) is 125 Å². The summed E-state index contributed by atoms with van der Waals surface area (Å²) in [6, 6.07) is -2.42. The fourth-order valence-electron chi connectivity index (χ4n) is 8.92. The molecular weight excluding hydrogens is 572 g/mol. The van der Waals surface area contributed by atoms with Crippen molar-refractivity contribution >= 4 is 23.7 Å². The van der Waals surface area contributed by atoms with Crippen LogP contribution in [0.15, 0.2) is 0 Å². The van der Waals surface area contributed by atoms with Crippen molar-refractivity contribution < 1.29 is 29.0 Å². The van der Waals surface area contributed by atoms with Gasteiger partial charge in [-0.1, -0.05) is 71.6 Å². The molecule has 254 valence electrons. The Balaban J connectivity index is 1.46. The molecule has 5 fully saturated rings. The summed E-state index contributed by atoms with van der Waals surface area (Å²) in [4.78, 5) is 59.8. The highest BCUT2D eigenvalue weighted by Crippen LogP contribution is 2.65. The molecule has 1 aliphatic heterocycles. The van der Waals surface area contributed by atoms with Crippen LogP contribution in [0.3, 0.4) is 0 Å². The number of piperidine rings is 1. The van der Waals surface area contributed by atoms with E-state index in [4.69, 9.17) is 10.5 Å². The lowest BCUT2D eigenvalue weighted by atomic mass is 9.80. The number of ketones is 1. The molecule has 4 aliphatic carbocycles. The summed E-state index contributed by atoms with van der Waals surface area (Å²) in [5.41, 5.74) is 4.77. The van der Waals surface area contributed by atoms with Gasteiger partial charge in [-0.3, -0.25) is 25.0 Å². The maximum absolute atomic E-state index is 15.0. The van der Waals surface area contributed by atoms with Gasteiger partial charge in [0.15, 0.2) is 12.0 Å². The SMILES string of the molecule is CC(C)(C)OC(=O)N(C1CCCCC1)[C@H](C(=O)N1CC2[C@H](C1C(=O)NC(CC1CCC1)C(=O)C(N)O)C2(C)C)C1CCCCC1. The molecule has 45 heavy (non-hydrogen) atoms. The molecule has 0 spiro atoms. The second kappa shape index (κ2) is 13.5. The predicted molar refractivity (Wildman–Crippen MR) is 171 cm³/mol. The molecule has 1 heterocycles. The van der Waals surface area contributed by atoms with Gasteiger partial charge in [-0.25, -0.2) is 4.79 Å². The van der Waals surface area contributed by atoms with Crippen LogP contribution in [-0.2, 0) is 19.1 Å². The van der Waals surface area contributed by atoms with Crippen LogP contribution in [0.5, 0.6) is 0 Å². The maximum atomic E-state index is 15.0. The monoisotopic (exact) mass is 630 g/mol. The van der Waals surface area contributed by atoms with E-state index in [1.807, 2.05) is 20.8 Å². The van der Waals surface area contributed by atoms with Crippen molar-refractivity contribution in [2.24, 2.45) is 34.8 Å². The van der Waals surface area contributed by atoms with Crippen molar-refractivity contribution in [2.75, 3.05) is 6.54 Å². The molecule has 10 nitrogen and oxygen atoms in total. The molecule has 4 saturated carbocycles. The van der Waals surface area contributed by atoms with E-state index < -0.39 is 41.8 Å². The molecule has 0 aromatic carbocycles. The molecule has 10 heteroatoms. The lowest BCUT2D eigenvalue weighted by Crippen LogP contribution is -2.62. The van der Waals surface area contributed by atoms with E-state index in [-0.39, 0.29) is 41.0 Å². The van der Waals surface area contributed by atoms with Crippen molar-refractivity contribution in [1.82, 2.24) is 15.1 Å². The summed E-state index contributed by atoms with van der Waals surface area (Å²) in [7, 11) is 0. The fourth-order valence-corrected chi connectivity index (χ4v) is 8.92. The Bertz CT molecular complexity index is 1100. The molecule has 1 saturated heterocycles. The number of aliphatic hydroxyl groups is 1. The topological polar surface area (TPSA) is 142 Å². The summed E-state index contributed by atoms with van der Waals surface area (Å²) >= 11 is 0. The first-order valence-corrected chi connectivity index (χ1v) is 17.8. The van der Waals surface area contributed by atoms with Gasteiger partial charge in [-0.15, -0.1) is 0 Å². The zero-order valence-electron chi connectivity index (χ0n) is 28.3. The van der Waals surface area contributed by atoms with Crippen LogP contribution in [0.4, 0.5) is 4.79 Å². The fraction of sp³-hybridized carbons (Fsp3) is 0.886. The Morgan fingerprint density at radius 1 is 0.956 bits per heavy atom. The van der Waals surface area contributed by atoms with E-state index in [1.165, 1.54) is 0 Å². The van der Waals surface area contributed by atoms with Crippen LogP contribution in [0.25, 0.3) is 0 Å². The van der Waals surface area contributed by atoms with E-state index in [1.54, 1.807) is 9.80 Å². The smallest absolute Gasteiger partial charge is 0.411 e. The van der Waals surface area contributed by atoms with Crippen molar-refractivity contribution in [3.05, 3.63) is 0 Å². The number of hydrogen-bond acceptors (Lipinski definition) is 7. The number of Topliss-reactive ketones (excluding diaryl/α,β-unsaturated/α-hetero) is 1. The second-order valence-electron chi connectivity index (χ2n) is 16.4. The first-order valence-electron chi connectivity index (χ1n) is 17.8. The highest BCUT2D eigenvalue weighted by Gasteiger charge is 2.70. The number of likely N-dealkylation sites (tertiary alicyclic amines) is 1. The molecule has 0 aromatic rings. The van der Waals surface area contributed by atoms with Crippen molar-refractivity contribution in [2.45, 2.75) is 161 Å². The lowest BCUT2D eigenvalue weighted by molar-refractivity contribution is -0.148. The quantitative estimate of drug-likeness (QED) is 0.302. The van der Waals surface area contributed by atoms with Gasteiger partial charge in [0.1, 0.15) is 17.7 Å². The highest BCUT2D eigenvalue weighted by molar-refractivity contribution is 5.96. The lowest BCUT2D eigenvalue weighted by Gasteiger charge is -2.45. The second-order valence-corrected chi connectivity index (χ2v) is 16.4. The van der Waals surface area contributed by atoms with E-state index in [2.05, 4.69) is 19.2 Å². The van der Waals surface area contributed by atoms with Crippen molar-refractivity contribution in [3.63, 3.8) is 0 Å². The van der Waals surface area contributed by atoms with Gasteiger partial charge in [0.05, 0.1) is 6.04 Å². The Morgan fingerprint density at radius 2 is 1.56 bits per heavy atom. The Kier molecular flexibility index (Phi) is 10.2. The van der Waals surface area contributed by atoms with Crippen molar-refractivity contribution in [1.29, 1.82) is 0 Å². The number of fused-ring (bicyclic) bond motifs is 1. The average Bonchev–Trinajstić information content (AvgIpc) is 3.27. The van der Waals surface area contributed by atoms with Crippen LogP contribution in [0.2, 0.25) is 0 Å². The van der Waals surface area contributed by atoms with Gasteiger partial charge in [0.25, 0.3) is 0 Å². The summed E-state index contributed by atoms with van der Waals surface area (Å²) in [5.74, 6) is -0.695. The van der Waals surface area contributed by atoms with Crippen LogP contribution in [-0.4, -0.2) is 81.1 Å². The zero-order valence-corrected chi connectivity index (χ0v) is 28.3. The minimum absolute atomic E-state index is 0.00493. The number of ether oxygens (including phenoxy) is 1. The third-order valence-electron chi connectivity index (χ3n) is 11.7. The van der Waals surface area contributed by atoms with Gasteiger partial charge in [0, 0.05) is 12.6 Å². The Hall–Kier alpha value is -2.20. The molecule has 0 bridgehead atoms. The number of nitrogens with one attached hydrogen (secondary N) is 1. The highest BCUT2D eigenvalue weighted by atomic mass is 16.6. The van der Waals surface area contributed by atoms with E-state index in [9.17, 15) is 19.5 Å². The van der Waals surface area contributed by atoms with Crippen molar-refractivity contribution in [3.8, 4) is 0 Å². The molecule has 6 atom stereocenters. The van der Waals surface area contributed by atoms with Crippen LogP contribution < -0.4 is 11.1 Å². The summed E-state index contributed by atoms with van der Waals surface area (Å²) in [5, 5.41) is 12.9. The molecule has 0 radical (unpaired) electrons. The summed E-state index contributed by atoms with van der Waals surface area (Å²) in [6.07, 6.45) is 11.0. The number of nitrogens with zero attached hydrogens (tertiary/aromatic N) is 2. The minimum atomic E-state index is -1.67. The maximum Gasteiger partial charge on any atom is 0.411 e. The van der Waals surface area contributed by atoms with Crippen LogP contribution in [0, 0.1) is 29.1 Å².